The lowest BCUT2D eigenvalue weighted by Gasteiger charge is -2.32. The minimum absolute atomic E-state index is 0.0995. The van der Waals surface area contributed by atoms with Gasteiger partial charge in [-0.25, -0.2) is 8.42 Å². The Morgan fingerprint density at radius 2 is 1.95 bits per heavy atom. The molecule has 2 N–H and O–H groups in total. The Labute approximate surface area is 115 Å². The van der Waals surface area contributed by atoms with Gasteiger partial charge in [0, 0.05) is 12.6 Å². The van der Waals surface area contributed by atoms with Crippen molar-refractivity contribution >= 4 is 10.0 Å². The standard InChI is InChI=1S/C14H22N2O2S/c1-12-4-2-3-11-16(12)19(17,18)14-7-5-13(6-8-14)9-10-15/h5-8,12H,2-4,9-11,15H2,1H3/t12-/m1/s1. The fourth-order valence-electron chi connectivity index (χ4n) is 2.56. The topological polar surface area (TPSA) is 63.4 Å². The molecule has 1 atom stereocenters. The highest BCUT2D eigenvalue weighted by atomic mass is 32.2. The highest BCUT2D eigenvalue weighted by Crippen LogP contribution is 2.25. The molecule has 1 saturated heterocycles. The highest BCUT2D eigenvalue weighted by molar-refractivity contribution is 7.89. The molecule has 4 nitrogen and oxygen atoms in total. The summed E-state index contributed by atoms with van der Waals surface area (Å²) in [6.07, 6.45) is 3.79. The van der Waals surface area contributed by atoms with E-state index in [1.807, 2.05) is 19.1 Å². The van der Waals surface area contributed by atoms with Gasteiger partial charge in [-0.15, -0.1) is 0 Å². The molecule has 1 aromatic carbocycles. The molecule has 5 heteroatoms. The van der Waals surface area contributed by atoms with Gasteiger partial charge in [0.15, 0.2) is 0 Å². The number of hydrogen-bond donors (Lipinski definition) is 1. The zero-order valence-corrected chi connectivity index (χ0v) is 12.2. The molecule has 19 heavy (non-hydrogen) atoms. The first-order valence-corrected chi connectivity index (χ1v) is 8.30. The minimum atomic E-state index is -3.34. The minimum Gasteiger partial charge on any atom is -0.330 e. The molecule has 0 unspecified atom stereocenters. The van der Waals surface area contributed by atoms with Gasteiger partial charge in [-0.05, 0) is 50.4 Å². The third-order valence-electron chi connectivity index (χ3n) is 3.70. The number of benzene rings is 1. The molecule has 1 aliphatic heterocycles. The summed E-state index contributed by atoms with van der Waals surface area (Å²) in [6.45, 7) is 3.20. The van der Waals surface area contributed by atoms with E-state index < -0.39 is 10.0 Å². The summed E-state index contributed by atoms with van der Waals surface area (Å²) in [5.41, 5.74) is 6.57. The summed E-state index contributed by atoms with van der Waals surface area (Å²) in [5.74, 6) is 0. The van der Waals surface area contributed by atoms with Crippen molar-refractivity contribution in [2.45, 2.75) is 43.5 Å². The second-order valence-electron chi connectivity index (χ2n) is 5.14. The number of hydrogen-bond acceptors (Lipinski definition) is 3. The molecule has 1 aliphatic rings. The van der Waals surface area contributed by atoms with E-state index >= 15 is 0 Å². The van der Waals surface area contributed by atoms with Crippen LogP contribution in [0.4, 0.5) is 0 Å². The first kappa shape index (κ1) is 14.5. The van der Waals surface area contributed by atoms with E-state index in [1.165, 1.54) is 0 Å². The second kappa shape index (κ2) is 6.03. The molecule has 1 fully saturated rings. The number of nitrogens with two attached hydrogens (primary N) is 1. The van der Waals surface area contributed by atoms with Gasteiger partial charge in [-0.3, -0.25) is 0 Å². The van der Waals surface area contributed by atoms with Crippen LogP contribution in [-0.4, -0.2) is 31.9 Å². The summed E-state index contributed by atoms with van der Waals surface area (Å²) in [7, 11) is -3.34. The summed E-state index contributed by atoms with van der Waals surface area (Å²) < 4.78 is 26.8. The van der Waals surface area contributed by atoms with Crippen molar-refractivity contribution in [3.63, 3.8) is 0 Å². The zero-order chi connectivity index (χ0) is 13.9. The molecule has 0 aliphatic carbocycles. The molecule has 106 valence electrons. The maximum atomic E-state index is 12.6. The second-order valence-corrected chi connectivity index (χ2v) is 7.03. The summed E-state index contributed by atoms with van der Waals surface area (Å²) in [4.78, 5) is 0.391. The van der Waals surface area contributed by atoms with E-state index in [0.29, 0.717) is 18.0 Å². The maximum absolute atomic E-state index is 12.6. The molecule has 0 aromatic heterocycles. The van der Waals surface area contributed by atoms with Crippen LogP contribution in [0.25, 0.3) is 0 Å². The van der Waals surface area contributed by atoms with Crippen LogP contribution in [0.5, 0.6) is 0 Å². The first-order chi connectivity index (χ1) is 9.05. The summed E-state index contributed by atoms with van der Waals surface area (Å²) in [5, 5.41) is 0. The van der Waals surface area contributed by atoms with Gasteiger partial charge in [0.25, 0.3) is 0 Å². The van der Waals surface area contributed by atoms with E-state index in [2.05, 4.69) is 0 Å². The predicted molar refractivity (Wildman–Crippen MR) is 76.4 cm³/mol. The number of rotatable bonds is 4. The molecule has 0 bridgehead atoms. The van der Waals surface area contributed by atoms with E-state index in [-0.39, 0.29) is 6.04 Å². The monoisotopic (exact) mass is 282 g/mol. The van der Waals surface area contributed by atoms with Crippen molar-refractivity contribution in [1.29, 1.82) is 0 Å². The van der Waals surface area contributed by atoms with Crippen molar-refractivity contribution in [3.05, 3.63) is 29.8 Å². The molecule has 0 radical (unpaired) electrons. The fraction of sp³-hybridized carbons (Fsp3) is 0.571. The van der Waals surface area contributed by atoms with Gasteiger partial charge in [0.05, 0.1) is 4.90 Å². The van der Waals surface area contributed by atoms with Crippen molar-refractivity contribution in [2.75, 3.05) is 13.1 Å². The lowest BCUT2D eigenvalue weighted by atomic mass is 10.1. The molecule has 1 aromatic rings. The Balaban J connectivity index is 2.23. The van der Waals surface area contributed by atoms with Crippen LogP contribution in [0, 0.1) is 0 Å². The largest absolute Gasteiger partial charge is 0.330 e. The third kappa shape index (κ3) is 3.16. The molecular formula is C14H22N2O2S. The van der Waals surface area contributed by atoms with Gasteiger partial charge in [-0.1, -0.05) is 18.6 Å². The van der Waals surface area contributed by atoms with E-state index in [4.69, 9.17) is 5.73 Å². The Hall–Kier alpha value is -0.910. The molecule has 1 heterocycles. The molecular weight excluding hydrogens is 260 g/mol. The molecule has 0 saturated carbocycles. The average molecular weight is 282 g/mol. The van der Waals surface area contributed by atoms with Gasteiger partial charge in [-0.2, -0.15) is 4.31 Å². The van der Waals surface area contributed by atoms with Gasteiger partial charge in [0.1, 0.15) is 0 Å². The zero-order valence-electron chi connectivity index (χ0n) is 11.4. The fourth-order valence-corrected chi connectivity index (χ4v) is 4.26. The molecule has 0 spiro atoms. The number of piperidine rings is 1. The maximum Gasteiger partial charge on any atom is 0.243 e. The van der Waals surface area contributed by atoms with Crippen LogP contribution < -0.4 is 5.73 Å². The summed E-state index contributed by atoms with van der Waals surface area (Å²) >= 11 is 0. The van der Waals surface area contributed by atoms with Crippen LogP contribution >= 0.6 is 0 Å². The van der Waals surface area contributed by atoms with Crippen LogP contribution in [0.1, 0.15) is 31.7 Å². The van der Waals surface area contributed by atoms with Crippen LogP contribution in [0.2, 0.25) is 0 Å². The Morgan fingerprint density at radius 1 is 1.26 bits per heavy atom. The average Bonchev–Trinajstić information content (AvgIpc) is 2.40. The number of nitrogens with zero attached hydrogens (tertiary/aromatic N) is 1. The Bertz CT molecular complexity index is 511. The third-order valence-corrected chi connectivity index (χ3v) is 5.73. The van der Waals surface area contributed by atoms with Gasteiger partial charge < -0.3 is 5.73 Å². The van der Waals surface area contributed by atoms with Crippen LogP contribution in [0.15, 0.2) is 29.2 Å². The van der Waals surface area contributed by atoms with Crippen molar-refractivity contribution in [3.8, 4) is 0 Å². The van der Waals surface area contributed by atoms with E-state index in [1.54, 1.807) is 16.4 Å². The van der Waals surface area contributed by atoms with Crippen LogP contribution in [0.3, 0.4) is 0 Å². The van der Waals surface area contributed by atoms with E-state index in [9.17, 15) is 8.42 Å². The van der Waals surface area contributed by atoms with Crippen LogP contribution in [-0.2, 0) is 16.4 Å². The summed E-state index contributed by atoms with van der Waals surface area (Å²) in [6, 6.07) is 7.20. The normalized spacial score (nSPS) is 21.5. The predicted octanol–water partition coefficient (Wildman–Crippen LogP) is 1.75. The quantitative estimate of drug-likeness (QED) is 0.915. The van der Waals surface area contributed by atoms with E-state index in [0.717, 1.165) is 31.2 Å². The van der Waals surface area contributed by atoms with Crippen molar-refractivity contribution in [1.82, 2.24) is 4.31 Å². The Morgan fingerprint density at radius 3 is 2.53 bits per heavy atom. The SMILES string of the molecule is C[C@@H]1CCCCN1S(=O)(=O)c1ccc(CCN)cc1. The van der Waals surface area contributed by atoms with Crippen molar-refractivity contribution in [2.24, 2.45) is 5.73 Å². The first-order valence-electron chi connectivity index (χ1n) is 6.86. The van der Waals surface area contributed by atoms with Crippen molar-refractivity contribution < 1.29 is 8.42 Å². The Kier molecular flexibility index (Phi) is 4.60. The lowest BCUT2D eigenvalue weighted by Crippen LogP contribution is -2.41. The van der Waals surface area contributed by atoms with Gasteiger partial charge in [0.2, 0.25) is 10.0 Å². The highest BCUT2D eigenvalue weighted by Gasteiger charge is 2.30. The molecule has 0 amide bonds. The number of sulfonamides is 1. The lowest BCUT2D eigenvalue weighted by molar-refractivity contribution is 0.268. The smallest absolute Gasteiger partial charge is 0.243 e. The van der Waals surface area contributed by atoms with Gasteiger partial charge >= 0.3 is 0 Å². The molecule has 2 rings (SSSR count).